The van der Waals surface area contributed by atoms with E-state index in [-0.39, 0.29) is 99.0 Å². The van der Waals surface area contributed by atoms with Crippen molar-refractivity contribution >= 4 is 105 Å². The van der Waals surface area contributed by atoms with E-state index < -0.39 is 23.5 Å². The van der Waals surface area contributed by atoms with Crippen molar-refractivity contribution in [3.63, 3.8) is 0 Å². The van der Waals surface area contributed by atoms with Gasteiger partial charge in [-0.1, -0.05) is 0 Å². The van der Waals surface area contributed by atoms with E-state index in [1.807, 2.05) is 0 Å². The molecule has 0 fully saturated rings. The van der Waals surface area contributed by atoms with Crippen molar-refractivity contribution in [2.75, 3.05) is 0 Å². The first-order valence-corrected chi connectivity index (χ1v) is 6.57. The molecule has 0 bridgehead atoms. The second kappa shape index (κ2) is 19.7. The van der Waals surface area contributed by atoms with Crippen LogP contribution in [-0.4, -0.2) is 81.9 Å². The van der Waals surface area contributed by atoms with Crippen LogP contribution in [0.25, 0.3) is 0 Å². The Morgan fingerprint density at radius 2 is 0.421 bits per heavy atom. The van der Waals surface area contributed by atoms with E-state index in [1.165, 1.54) is 0 Å². The van der Waals surface area contributed by atoms with Crippen molar-refractivity contribution in [2.24, 2.45) is 0 Å². The molecule has 0 aromatic heterocycles. The Kier molecular flexibility index (Phi) is 44.8. The second-order valence-electron chi connectivity index (χ2n) is 1.34. The van der Waals surface area contributed by atoms with Crippen LogP contribution in [0.15, 0.2) is 0 Å². The maximum Gasteiger partial charge on any atom is 3.00 e. The summed E-state index contributed by atoms with van der Waals surface area (Å²) in [5.41, 5.74) is 0. The second-order valence-corrected chi connectivity index (χ2v) is 4.02. The van der Waals surface area contributed by atoms with Gasteiger partial charge in [0.25, 0.3) is 0 Å². The van der Waals surface area contributed by atoms with Gasteiger partial charge in [0.2, 0.25) is 0 Å². The SMILES string of the molecule is O=P([O-])([O-])[O-].O=P([O-])([O-])[O-].O=P([O-])([O-])[O-].[Fe+3].[Pb+2].[Pb+2].[Pb+2]. The molecule has 0 aliphatic rings. The smallest absolute Gasteiger partial charge is 0.822 e. The summed E-state index contributed by atoms with van der Waals surface area (Å²) in [5.74, 6) is 0. The average molecular weight is 962 g/mol. The number of hydrogen-bond acceptors (Lipinski definition) is 12. The molecule has 0 amide bonds. The molecule has 0 N–H and O–H groups in total. The summed E-state index contributed by atoms with van der Waals surface area (Å²) >= 11 is 0. The molecule has 19 heteroatoms. The minimum Gasteiger partial charge on any atom is -0.822 e. The van der Waals surface area contributed by atoms with E-state index in [0.717, 1.165) is 0 Å². The Morgan fingerprint density at radius 3 is 0.421 bits per heavy atom. The minimum atomic E-state index is -5.39. The first kappa shape index (κ1) is 43.3. The van der Waals surface area contributed by atoms with Gasteiger partial charge in [-0.05, 0) is 0 Å². The predicted octanol–water partition coefficient (Wildman–Crippen LogP) is -9.62. The summed E-state index contributed by atoms with van der Waals surface area (Å²) in [5, 5.41) is 0. The van der Waals surface area contributed by atoms with E-state index in [1.54, 1.807) is 0 Å². The van der Waals surface area contributed by atoms with E-state index in [9.17, 15) is 0 Å². The molecule has 107 valence electrons. The zero-order valence-electron chi connectivity index (χ0n) is 8.09. The summed E-state index contributed by atoms with van der Waals surface area (Å²) in [6.45, 7) is 0. The third-order valence-electron chi connectivity index (χ3n) is 0. The monoisotopic (exact) mass is 965 g/mol. The van der Waals surface area contributed by atoms with E-state index >= 15 is 0 Å². The molecule has 12 nitrogen and oxygen atoms in total. The molecule has 0 aliphatic heterocycles. The molecule has 0 unspecified atom stereocenters. The summed E-state index contributed by atoms with van der Waals surface area (Å²) in [4.78, 5) is 76.9. The van der Waals surface area contributed by atoms with Gasteiger partial charge in [0.05, 0.1) is 0 Å². The third kappa shape index (κ3) is 636. The molecule has 0 aromatic rings. The van der Waals surface area contributed by atoms with Crippen molar-refractivity contribution in [1.82, 2.24) is 0 Å². The van der Waals surface area contributed by atoms with E-state index in [4.69, 9.17) is 57.7 Å². The van der Waals surface area contributed by atoms with Crippen LogP contribution in [-0.2, 0) is 30.8 Å². The van der Waals surface area contributed by atoms with Crippen LogP contribution in [0.1, 0.15) is 0 Å². The Bertz CT molecular complexity index is 214. The molecular weight excluding hydrogens is 962 g/mol. The van der Waals surface area contributed by atoms with E-state index in [2.05, 4.69) is 0 Å². The van der Waals surface area contributed by atoms with Gasteiger partial charge in [-0.25, -0.2) is 0 Å². The van der Waals surface area contributed by atoms with Gasteiger partial charge in [0.1, 0.15) is 0 Å². The average Bonchev–Trinajstić information content (AvgIpc) is 1.41. The van der Waals surface area contributed by atoms with Gasteiger partial charge in [-0.2, -0.15) is 23.5 Å². The fourth-order valence-electron chi connectivity index (χ4n) is 0. The fourth-order valence-corrected chi connectivity index (χ4v) is 0. The Hall–Kier alpha value is 3.62. The largest absolute Gasteiger partial charge is 3.00 e. The predicted molar refractivity (Wildman–Crippen MR) is 40.1 cm³/mol. The van der Waals surface area contributed by atoms with Crippen LogP contribution in [0.4, 0.5) is 0 Å². The quantitative estimate of drug-likeness (QED) is 0.162. The molecule has 0 heterocycles. The van der Waals surface area contributed by atoms with E-state index in [0.29, 0.717) is 0 Å². The van der Waals surface area contributed by atoms with Gasteiger partial charge >= 0.3 is 99.0 Å². The van der Waals surface area contributed by atoms with Gasteiger partial charge < -0.3 is 57.7 Å². The molecule has 0 aliphatic carbocycles. The molecule has 0 spiro atoms. The Morgan fingerprint density at radius 1 is 0.421 bits per heavy atom. The zero-order chi connectivity index (χ0) is 13.5. The van der Waals surface area contributed by atoms with Crippen LogP contribution >= 0.6 is 23.5 Å². The summed E-state index contributed by atoms with van der Waals surface area (Å²) in [6.07, 6.45) is 0. The van der Waals surface area contributed by atoms with Crippen molar-refractivity contribution in [1.29, 1.82) is 0 Å². The Labute approximate surface area is 178 Å². The number of hydrogen-bond donors (Lipinski definition) is 0. The molecule has 19 heavy (non-hydrogen) atoms. The van der Waals surface area contributed by atoms with Crippen LogP contribution in [0.2, 0.25) is 0 Å². The third-order valence-corrected chi connectivity index (χ3v) is 0. The van der Waals surface area contributed by atoms with Gasteiger partial charge in [-0.15, -0.1) is 0 Å². The summed E-state index contributed by atoms with van der Waals surface area (Å²) < 4.78 is 25.6. The number of phosphoric acid groups is 3. The van der Waals surface area contributed by atoms with Crippen molar-refractivity contribution in [3.8, 4) is 0 Å². The fraction of sp³-hybridized carbons (Fsp3) is 0. The van der Waals surface area contributed by atoms with Crippen LogP contribution < -0.4 is 44.0 Å². The first-order chi connectivity index (χ1) is 6.00. The summed E-state index contributed by atoms with van der Waals surface area (Å²) in [6, 6.07) is 0. The van der Waals surface area contributed by atoms with Crippen molar-refractivity contribution in [2.45, 2.75) is 0 Å². The maximum atomic E-state index is 8.55. The molecule has 0 rings (SSSR count). The van der Waals surface area contributed by atoms with Gasteiger partial charge in [0, 0.05) is 0 Å². The van der Waals surface area contributed by atoms with Crippen LogP contribution in [0.5, 0.6) is 0 Å². The van der Waals surface area contributed by atoms with Crippen molar-refractivity contribution in [3.05, 3.63) is 0 Å². The molecule has 0 saturated heterocycles. The standard InChI is InChI=1S/Fe.3H3O4P.3Pb/c;3*1-5(2,3)4;;;/h;3*(H3,1,2,3,4);;;/q+3;;;;3*+2/p-9. The van der Waals surface area contributed by atoms with Gasteiger partial charge in [-0.3, -0.25) is 0 Å². The number of rotatable bonds is 0. The normalized spacial score (nSPS) is 9.32. The molecule has 7 radical (unpaired) electrons. The van der Waals surface area contributed by atoms with Crippen LogP contribution in [0.3, 0.4) is 0 Å². The molecule has 0 atom stereocenters. The molecular formula is FeO12P3Pb3. The summed E-state index contributed by atoms with van der Waals surface area (Å²) in [7, 11) is -16.2. The van der Waals surface area contributed by atoms with Crippen LogP contribution in [0, 0.1) is 0 Å². The molecule has 0 aromatic carbocycles. The molecule has 0 saturated carbocycles. The first-order valence-electron chi connectivity index (χ1n) is 2.19. The minimum absolute atomic E-state index is 0. The topological polar surface area (TPSA) is 259 Å². The maximum absolute atomic E-state index is 8.55. The van der Waals surface area contributed by atoms with Gasteiger partial charge in [0.15, 0.2) is 0 Å². The zero-order valence-corrected chi connectivity index (χ0v) is 23.5. The Balaban J connectivity index is -0.0000000206. The van der Waals surface area contributed by atoms with Crippen molar-refractivity contribution < 1.29 is 74.8 Å².